The van der Waals surface area contributed by atoms with Gasteiger partial charge in [0.25, 0.3) is 0 Å². The molecule has 0 heterocycles. The second-order valence-corrected chi connectivity index (χ2v) is 15.3. The largest absolute Gasteiger partial charge is 0.151 e. The lowest BCUT2D eigenvalue weighted by Crippen LogP contribution is -2.50. The normalized spacial score (nSPS) is 35.6. The second-order valence-electron chi connectivity index (χ2n) is 15.3. The van der Waals surface area contributed by atoms with Crippen molar-refractivity contribution >= 4 is 11.4 Å². The van der Waals surface area contributed by atoms with Gasteiger partial charge in [0.2, 0.25) is 0 Å². The summed E-state index contributed by atoms with van der Waals surface area (Å²) in [6.07, 6.45) is 18.0. The monoisotopic (exact) mass is 549 g/mol. The molecule has 6 rings (SSSR count). The highest BCUT2D eigenvalue weighted by Crippen LogP contribution is 2.68. The molecule has 2 heteroatoms. The van der Waals surface area contributed by atoms with E-state index in [4.69, 9.17) is 0 Å². The third kappa shape index (κ3) is 5.62. The van der Waals surface area contributed by atoms with Crippen molar-refractivity contribution in [1.29, 1.82) is 0 Å². The van der Waals surface area contributed by atoms with Gasteiger partial charge in [0, 0.05) is 0 Å². The van der Waals surface area contributed by atoms with Crippen molar-refractivity contribution in [3.8, 4) is 0 Å². The summed E-state index contributed by atoms with van der Waals surface area (Å²) >= 11 is 0. The van der Waals surface area contributed by atoms with Crippen LogP contribution in [0.3, 0.4) is 0 Å². The van der Waals surface area contributed by atoms with Gasteiger partial charge in [0.1, 0.15) is 0 Å². The van der Waals surface area contributed by atoms with E-state index < -0.39 is 0 Å². The Morgan fingerprint density at radius 2 is 1.68 bits per heavy atom. The molecule has 1 radical (unpaired) electrons. The smallest absolute Gasteiger partial charge is 0.0860 e. The van der Waals surface area contributed by atoms with E-state index >= 15 is 0 Å². The molecule has 4 aliphatic carbocycles. The van der Waals surface area contributed by atoms with E-state index in [1.165, 1.54) is 76.2 Å². The van der Waals surface area contributed by atoms with E-state index in [0.29, 0.717) is 16.7 Å². The summed E-state index contributed by atoms with van der Waals surface area (Å²) in [7, 11) is 0. The third-order valence-corrected chi connectivity index (χ3v) is 12.6. The Kier molecular flexibility index (Phi) is 8.32. The molecule has 2 aromatic rings. The highest BCUT2D eigenvalue weighted by molar-refractivity contribution is 5.43. The van der Waals surface area contributed by atoms with E-state index in [1.807, 2.05) is 36.4 Å². The molecule has 3 fully saturated rings. The molecule has 0 amide bonds. The summed E-state index contributed by atoms with van der Waals surface area (Å²) in [5, 5.41) is 9.00. The first-order chi connectivity index (χ1) is 19.8. The molecule has 3 saturated carbocycles. The molecule has 4 aliphatic rings. The fourth-order valence-electron chi connectivity index (χ4n) is 10.3. The van der Waals surface area contributed by atoms with Crippen LogP contribution in [0.1, 0.15) is 117 Å². The van der Waals surface area contributed by atoms with Gasteiger partial charge in [-0.15, -0.1) is 0 Å². The van der Waals surface area contributed by atoms with Crippen molar-refractivity contribution in [2.45, 2.75) is 111 Å². The summed E-state index contributed by atoms with van der Waals surface area (Å²) in [4.78, 5) is 0. The van der Waals surface area contributed by atoms with Crippen LogP contribution in [0.2, 0.25) is 0 Å². The fourth-order valence-corrected chi connectivity index (χ4v) is 10.3. The van der Waals surface area contributed by atoms with E-state index in [2.05, 4.69) is 69.1 Å². The summed E-state index contributed by atoms with van der Waals surface area (Å²) in [5.41, 5.74) is 5.89. The molecule has 2 aromatic carbocycles. The molecule has 2 nitrogen and oxygen atoms in total. The average Bonchev–Trinajstić information content (AvgIpc) is 3.33. The number of nitrogens with zero attached hydrogens (tertiary/aromatic N) is 2. The van der Waals surface area contributed by atoms with Gasteiger partial charge in [-0.1, -0.05) is 89.8 Å². The number of azo groups is 1. The lowest BCUT2D eigenvalue weighted by molar-refractivity contribution is -0.0510. The number of allylic oxidation sites excluding steroid dienone is 2. The molecule has 0 aliphatic heterocycles. The Morgan fingerprint density at radius 3 is 2.49 bits per heavy atom. The van der Waals surface area contributed by atoms with Crippen molar-refractivity contribution in [3.05, 3.63) is 71.8 Å². The molecular weight excluding hydrogens is 496 g/mol. The molecule has 0 aromatic heterocycles. The first-order valence-electron chi connectivity index (χ1n) is 17.0. The van der Waals surface area contributed by atoms with Crippen LogP contribution < -0.4 is 0 Å². The predicted molar refractivity (Wildman–Crippen MR) is 172 cm³/mol. The van der Waals surface area contributed by atoms with Crippen LogP contribution in [0, 0.1) is 52.4 Å². The van der Waals surface area contributed by atoms with Crippen molar-refractivity contribution in [1.82, 2.24) is 0 Å². The van der Waals surface area contributed by atoms with Gasteiger partial charge >= 0.3 is 0 Å². The standard InChI is InChI=1S/C39H53N2/c1-27(2)11-9-12-28(3)35-19-20-36-34-18-17-31-25-30(21-23-38(31,4)37(34)22-24-39(35,36)5)29-13-10-16-33(26-29)41-40-32-14-7-6-8-15-32/h6-8,10,14-17,26-28,30,34-37H,9,11-12,18-25H2,1-5H3/t28-,30?,34?,35-,36?,37?,38+,39-/m1/s1. The van der Waals surface area contributed by atoms with Crippen LogP contribution in [0.5, 0.6) is 0 Å². The molecule has 4 unspecified atom stereocenters. The van der Waals surface area contributed by atoms with Crippen molar-refractivity contribution in [3.63, 3.8) is 0 Å². The number of hydrogen-bond acceptors (Lipinski definition) is 2. The highest BCUT2D eigenvalue weighted by Gasteiger charge is 2.59. The molecule has 0 spiro atoms. The van der Waals surface area contributed by atoms with E-state index in [0.717, 1.165) is 46.9 Å². The summed E-state index contributed by atoms with van der Waals surface area (Å²) < 4.78 is 0. The number of hydrogen-bond donors (Lipinski definition) is 0. The predicted octanol–water partition coefficient (Wildman–Crippen LogP) is 12.0. The molecule has 0 saturated heterocycles. The quantitative estimate of drug-likeness (QED) is 0.231. The second kappa shape index (κ2) is 11.8. The van der Waals surface area contributed by atoms with Gasteiger partial charge in [-0.25, -0.2) is 0 Å². The van der Waals surface area contributed by atoms with Crippen molar-refractivity contribution < 1.29 is 0 Å². The maximum Gasteiger partial charge on any atom is 0.0860 e. The molecule has 8 atom stereocenters. The highest BCUT2D eigenvalue weighted by atomic mass is 15.1. The van der Waals surface area contributed by atoms with E-state index in [-0.39, 0.29) is 0 Å². The first kappa shape index (κ1) is 28.9. The Hall–Kier alpha value is -2.22. The first-order valence-corrected chi connectivity index (χ1v) is 17.0. The van der Waals surface area contributed by atoms with Gasteiger partial charge in [0.15, 0.2) is 0 Å². The molecule has 41 heavy (non-hydrogen) atoms. The molecule has 0 bridgehead atoms. The van der Waals surface area contributed by atoms with Crippen LogP contribution >= 0.6 is 0 Å². The van der Waals surface area contributed by atoms with Gasteiger partial charge in [-0.2, -0.15) is 10.2 Å². The van der Waals surface area contributed by atoms with Crippen molar-refractivity contribution in [2.75, 3.05) is 0 Å². The maximum atomic E-state index is 4.55. The molecular formula is C39H53N2. The minimum atomic E-state index is 0.395. The maximum absolute atomic E-state index is 4.55. The molecule has 0 N–H and O–H groups in total. The van der Waals surface area contributed by atoms with Crippen LogP contribution in [0.25, 0.3) is 0 Å². The lowest BCUT2D eigenvalue weighted by atomic mass is 9.46. The van der Waals surface area contributed by atoms with Crippen LogP contribution in [0.4, 0.5) is 11.4 Å². The van der Waals surface area contributed by atoms with Crippen LogP contribution in [-0.4, -0.2) is 0 Å². The van der Waals surface area contributed by atoms with Gasteiger partial charge in [-0.3, -0.25) is 0 Å². The Balaban J connectivity index is 1.14. The Morgan fingerprint density at radius 1 is 0.878 bits per heavy atom. The topological polar surface area (TPSA) is 24.7 Å². The third-order valence-electron chi connectivity index (χ3n) is 12.6. The zero-order chi connectivity index (χ0) is 28.6. The fraction of sp³-hybridized carbons (Fsp3) is 0.641. The molecule has 219 valence electrons. The van der Waals surface area contributed by atoms with E-state index in [1.54, 1.807) is 5.57 Å². The lowest BCUT2D eigenvalue weighted by Gasteiger charge is -2.58. The van der Waals surface area contributed by atoms with Crippen LogP contribution in [-0.2, 0) is 0 Å². The zero-order valence-corrected chi connectivity index (χ0v) is 26.4. The summed E-state index contributed by atoms with van der Waals surface area (Å²) in [6, 6.07) is 19.9. The Bertz CT molecular complexity index is 1240. The number of fused-ring (bicyclic) bond motifs is 5. The zero-order valence-electron chi connectivity index (χ0n) is 26.4. The number of benzene rings is 2. The van der Waals surface area contributed by atoms with Gasteiger partial charge < -0.3 is 0 Å². The van der Waals surface area contributed by atoms with E-state index in [9.17, 15) is 0 Å². The van der Waals surface area contributed by atoms with Crippen LogP contribution in [0.15, 0.2) is 70.4 Å². The van der Waals surface area contributed by atoms with Gasteiger partial charge in [-0.05, 0) is 140 Å². The van der Waals surface area contributed by atoms with Gasteiger partial charge in [0.05, 0.1) is 11.4 Å². The SMILES string of the molecule is CC(C)CCC[C@@H](C)[C@H]1CCC2C3CC=C4CC(c5[c]ccc(N=Nc6ccccc6)c5)CC[C@]4(C)C3CC[C@@]21C. The van der Waals surface area contributed by atoms with Crippen molar-refractivity contribution in [2.24, 2.45) is 56.6 Å². The summed E-state index contributed by atoms with van der Waals surface area (Å²) in [6.45, 7) is 12.7. The Labute approximate surface area is 250 Å². The minimum absolute atomic E-state index is 0.395. The number of rotatable bonds is 8. The average molecular weight is 550 g/mol. The summed E-state index contributed by atoms with van der Waals surface area (Å²) in [5.74, 6) is 5.94. The minimum Gasteiger partial charge on any atom is -0.151 e.